The molecule has 0 amide bonds. The first-order valence-electron chi connectivity index (χ1n) is 12.2. The summed E-state index contributed by atoms with van der Waals surface area (Å²) >= 11 is 0. The first-order valence-corrected chi connectivity index (χ1v) is 13.7. The Hall–Kier alpha value is -1.47. The molecule has 34 heavy (non-hydrogen) atoms. The predicted molar refractivity (Wildman–Crippen MR) is 139 cm³/mol. The van der Waals surface area contributed by atoms with Gasteiger partial charge in [-0.05, 0) is 41.4 Å². The van der Waals surface area contributed by atoms with Crippen molar-refractivity contribution in [1.29, 1.82) is 0 Å². The van der Waals surface area contributed by atoms with E-state index in [-0.39, 0.29) is 49.9 Å². The molecule has 0 radical (unpaired) electrons. The van der Waals surface area contributed by atoms with Crippen LogP contribution in [0.25, 0.3) is 0 Å². The zero-order valence-electron chi connectivity index (χ0n) is 23.4. The van der Waals surface area contributed by atoms with Crippen molar-refractivity contribution in [3.63, 3.8) is 0 Å². The van der Waals surface area contributed by atoms with E-state index in [1.807, 2.05) is 6.92 Å². The first-order chi connectivity index (χ1) is 15.2. The van der Waals surface area contributed by atoms with Crippen molar-refractivity contribution in [2.45, 2.75) is 106 Å². The third-order valence-corrected chi connectivity index (χ3v) is 7.36. The Bertz CT molecular complexity index is 953. The van der Waals surface area contributed by atoms with Gasteiger partial charge in [-0.3, -0.25) is 4.55 Å². The average Bonchev–Trinajstić information content (AvgIpc) is 2.59. The molecule has 0 aromatic heterocycles. The van der Waals surface area contributed by atoms with Gasteiger partial charge in [-0.1, -0.05) is 75.7 Å². The molecule has 2 N–H and O–H groups in total. The Labute approximate surface area is 208 Å². The van der Waals surface area contributed by atoms with Crippen LogP contribution in [0.4, 0.5) is 0 Å². The van der Waals surface area contributed by atoms with E-state index < -0.39 is 10.1 Å². The maximum Gasteiger partial charge on any atom is 0.298 e. The zero-order valence-corrected chi connectivity index (χ0v) is 24.2. The monoisotopic (exact) mass is 500 g/mol. The minimum atomic E-state index is -4.67. The van der Waals surface area contributed by atoms with E-state index in [1.165, 1.54) is 14.2 Å². The summed E-state index contributed by atoms with van der Waals surface area (Å²) in [6.45, 7) is 21.3. The summed E-state index contributed by atoms with van der Waals surface area (Å²) in [5, 5.41) is 11.6. The molecule has 1 aromatic rings. The summed E-state index contributed by atoms with van der Waals surface area (Å²) in [6.07, 6.45) is 2.55. The molecule has 0 heterocycles. The highest BCUT2D eigenvalue weighted by Gasteiger charge is 2.48. The highest BCUT2D eigenvalue weighted by Crippen LogP contribution is 2.61. The Morgan fingerprint density at radius 2 is 1.41 bits per heavy atom. The quantitative estimate of drug-likeness (QED) is 0.311. The lowest BCUT2D eigenvalue weighted by Gasteiger charge is -2.49. The number of methoxy groups -OCH3 is 2. The summed E-state index contributed by atoms with van der Waals surface area (Å²) in [6, 6.07) is 0. The zero-order chi connectivity index (χ0) is 26.9. The molecule has 198 valence electrons. The van der Waals surface area contributed by atoms with Gasteiger partial charge >= 0.3 is 0 Å². The molecule has 1 unspecified atom stereocenters. The van der Waals surface area contributed by atoms with Crippen molar-refractivity contribution >= 4 is 10.1 Å². The van der Waals surface area contributed by atoms with Gasteiger partial charge in [0, 0.05) is 17.0 Å². The van der Waals surface area contributed by atoms with Gasteiger partial charge in [-0.2, -0.15) is 8.42 Å². The minimum absolute atomic E-state index is 0.00747. The largest absolute Gasteiger partial charge is 0.504 e. The fourth-order valence-electron chi connectivity index (χ4n) is 6.65. The topological polar surface area (TPSA) is 93.1 Å². The number of rotatable bonds is 11. The molecular formula is C27H48O6S. The van der Waals surface area contributed by atoms with Gasteiger partial charge in [0.2, 0.25) is 0 Å². The average molecular weight is 501 g/mol. The molecule has 0 aliphatic carbocycles. The van der Waals surface area contributed by atoms with Gasteiger partial charge in [0.15, 0.2) is 11.5 Å². The second kappa shape index (κ2) is 10.7. The van der Waals surface area contributed by atoms with E-state index in [1.54, 1.807) is 0 Å². The van der Waals surface area contributed by atoms with Crippen molar-refractivity contribution in [3.05, 3.63) is 11.1 Å². The SMILES string of the molecule is CCCc1c(OC)c(O)c(C(C(C)(C)CC(C)C)C(C)(C)CC(C)(C)C)c(OC)c1S(=O)(=O)O. The van der Waals surface area contributed by atoms with Crippen LogP contribution in [0.1, 0.15) is 106 Å². The van der Waals surface area contributed by atoms with Gasteiger partial charge in [0.1, 0.15) is 10.6 Å². The molecule has 6 nitrogen and oxygen atoms in total. The van der Waals surface area contributed by atoms with Gasteiger partial charge in [0.25, 0.3) is 10.1 Å². The van der Waals surface area contributed by atoms with Crippen molar-refractivity contribution in [3.8, 4) is 17.2 Å². The Morgan fingerprint density at radius 3 is 1.76 bits per heavy atom. The highest BCUT2D eigenvalue weighted by atomic mass is 32.2. The maximum absolute atomic E-state index is 12.7. The van der Waals surface area contributed by atoms with Gasteiger partial charge in [-0.25, -0.2) is 0 Å². The third kappa shape index (κ3) is 6.81. The highest BCUT2D eigenvalue weighted by molar-refractivity contribution is 7.86. The fraction of sp³-hybridized carbons (Fsp3) is 0.778. The molecule has 0 spiro atoms. The number of aromatic hydroxyl groups is 1. The van der Waals surface area contributed by atoms with Crippen molar-refractivity contribution < 1.29 is 27.6 Å². The van der Waals surface area contributed by atoms with Crippen LogP contribution in [-0.4, -0.2) is 32.3 Å². The molecule has 0 saturated heterocycles. The van der Waals surface area contributed by atoms with E-state index in [4.69, 9.17) is 9.47 Å². The Kier molecular flexibility index (Phi) is 9.57. The number of hydrogen-bond donors (Lipinski definition) is 2. The van der Waals surface area contributed by atoms with Crippen LogP contribution in [0.2, 0.25) is 0 Å². The molecule has 0 saturated carbocycles. The van der Waals surface area contributed by atoms with Crippen molar-refractivity contribution in [1.82, 2.24) is 0 Å². The smallest absolute Gasteiger partial charge is 0.298 e. The molecule has 0 aliphatic rings. The molecule has 0 aliphatic heterocycles. The summed E-state index contributed by atoms with van der Waals surface area (Å²) in [4.78, 5) is -0.307. The van der Waals surface area contributed by atoms with E-state index in [0.29, 0.717) is 24.3 Å². The van der Waals surface area contributed by atoms with E-state index >= 15 is 0 Å². The second-order valence-electron chi connectivity index (χ2n) is 12.6. The van der Waals surface area contributed by atoms with Crippen molar-refractivity contribution in [2.24, 2.45) is 22.2 Å². The lowest BCUT2D eigenvalue weighted by molar-refractivity contribution is 0.0748. The summed E-state index contributed by atoms with van der Waals surface area (Å²) in [5.41, 5.74) is -0.112. The normalized spacial score (nSPS) is 14.4. The molecule has 1 aromatic carbocycles. The van der Waals surface area contributed by atoms with E-state index in [2.05, 4.69) is 62.3 Å². The molecule has 1 atom stereocenters. The Morgan fingerprint density at radius 1 is 0.912 bits per heavy atom. The van der Waals surface area contributed by atoms with E-state index in [0.717, 1.165) is 12.8 Å². The predicted octanol–water partition coefficient (Wildman–Crippen LogP) is 7.23. The lowest BCUT2D eigenvalue weighted by Crippen LogP contribution is -2.38. The first kappa shape index (κ1) is 30.6. The van der Waals surface area contributed by atoms with Crippen LogP contribution in [-0.2, 0) is 16.5 Å². The molecule has 0 fully saturated rings. The molecule has 1 rings (SSSR count). The standard InChI is InChI=1S/C27H48O6S/c1-13-14-18-21(32-11)20(28)19(22(33-12)23(18)34(29,30)31)24(26(7,8)15-17(2)3)27(9,10)16-25(4,5)6/h17,24,28H,13-16H2,1-12H3,(H,29,30,31). The summed E-state index contributed by atoms with van der Waals surface area (Å²) in [7, 11) is -1.87. The molecular weight excluding hydrogens is 452 g/mol. The molecule has 0 bridgehead atoms. The van der Waals surface area contributed by atoms with Crippen LogP contribution >= 0.6 is 0 Å². The molecule has 7 heteroatoms. The van der Waals surface area contributed by atoms with Crippen LogP contribution in [0.15, 0.2) is 4.90 Å². The number of ether oxygens (including phenoxy) is 2. The summed E-state index contributed by atoms with van der Waals surface area (Å²) < 4.78 is 47.0. The van der Waals surface area contributed by atoms with Crippen LogP contribution in [0.5, 0.6) is 17.2 Å². The minimum Gasteiger partial charge on any atom is -0.504 e. The number of phenols is 1. The van der Waals surface area contributed by atoms with Crippen LogP contribution in [0.3, 0.4) is 0 Å². The Balaban J connectivity index is 4.32. The lowest BCUT2D eigenvalue weighted by atomic mass is 9.56. The summed E-state index contributed by atoms with van der Waals surface area (Å²) in [5.74, 6) is 0.0503. The van der Waals surface area contributed by atoms with Crippen LogP contribution in [0, 0.1) is 22.2 Å². The number of hydrogen-bond acceptors (Lipinski definition) is 5. The second-order valence-corrected chi connectivity index (χ2v) is 14.0. The number of phenolic OH excluding ortho intramolecular Hbond substituents is 1. The van der Waals surface area contributed by atoms with Crippen LogP contribution < -0.4 is 9.47 Å². The van der Waals surface area contributed by atoms with E-state index in [9.17, 15) is 18.1 Å². The third-order valence-electron chi connectivity index (χ3n) is 6.41. The fourth-order valence-corrected chi connectivity index (χ4v) is 7.59. The van der Waals surface area contributed by atoms with Gasteiger partial charge in [-0.15, -0.1) is 0 Å². The van der Waals surface area contributed by atoms with Crippen molar-refractivity contribution in [2.75, 3.05) is 14.2 Å². The maximum atomic E-state index is 12.7. The van der Waals surface area contributed by atoms with Gasteiger partial charge in [0.05, 0.1) is 14.2 Å². The van der Waals surface area contributed by atoms with Gasteiger partial charge < -0.3 is 14.6 Å². The number of benzene rings is 1.